The van der Waals surface area contributed by atoms with E-state index in [4.69, 9.17) is 9.47 Å². The molecule has 1 aliphatic heterocycles. The Labute approximate surface area is 171 Å². The van der Waals surface area contributed by atoms with Crippen molar-refractivity contribution in [2.45, 2.75) is 4.90 Å². The van der Waals surface area contributed by atoms with Crippen LogP contribution in [0.25, 0.3) is 0 Å². The molecule has 2 aromatic carbocycles. The minimum absolute atomic E-state index is 0.0998. The smallest absolute Gasteiger partial charge is 0.251 e. The van der Waals surface area contributed by atoms with Crippen molar-refractivity contribution in [1.82, 2.24) is 9.62 Å². The van der Waals surface area contributed by atoms with E-state index < -0.39 is 10.0 Å². The van der Waals surface area contributed by atoms with Crippen LogP contribution in [0.3, 0.4) is 0 Å². The molecule has 1 amide bonds. The highest BCUT2D eigenvalue weighted by atomic mass is 32.2. The van der Waals surface area contributed by atoms with Gasteiger partial charge >= 0.3 is 0 Å². The number of hydrogen-bond donors (Lipinski definition) is 1. The molecule has 0 spiro atoms. The Hall–Kier alpha value is -2.78. The number of rotatable bonds is 6. The fourth-order valence-electron chi connectivity index (χ4n) is 3.28. The molecule has 0 aromatic heterocycles. The number of methoxy groups -OCH3 is 2. The number of benzene rings is 2. The lowest BCUT2D eigenvalue weighted by atomic mass is 10.1. The number of nitrogens with zero attached hydrogens (tertiary/aromatic N) is 2. The van der Waals surface area contributed by atoms with Crippen molar-refractivity contribution in [2.24, 2.45) is 0 Å². The Morgan fingerprint density at radius 2 is 1.62 bits per heavy atom. The first-order chi connectivity index (χ1) is 13.9. The van der Waals surface area contributed by atoms with Crippen molar-refractivity contribution in [2.75, 3.05) is 52.3 Å². The number of anilines is 1. The summed E-state index contributed by atoms with van der Waals surface area (Å²) in [6.45, 7) is 1.79. The van der Waals surface area contributed by atoms with Crippen LogP contribution in [0, 0.1) is 0 Å². The largest absolute Gasteiger partial charge is 0.497 e. The van der Waals surface area contributed by atoms with Gasteiger partial charge in [-0.25, -0.2) is 8.42 Å². The second kappa shape index (κ2) is 8.71. The first-order valence-corrected chi connectivity index (χ1v) is 10.6. The maximum Gasteiger partial charge on any atom is 0.251 e. The summed E-state index contributed by atoms with van der Waals surface area (Å²) >= 11 is 0. The van der Waals surface area contributed by atoms with Crippen LogP contribution in [0.4, 0.5) is 5.69 Å². The van der Waals surface area contributed by atoms with Crippen molar-refractivity contribution in [3.63, 3.8) is 0 Å². The van der Waals surface area contributed by atoms with E-state index in [0.717, 1.165) is 5.69 Å². The number of piperazine rings is 1. The van der Waals surface area contributed by atoms with Crippen LogP contribution < -0.4 is 19.7 Å². The fourth-order valence-corrected chi connectivity index (χ4v) is 4.87. The van der Waals surface area contributed by atoms with E-state index in [-0.39, 0.29) is 16.6 Å². The van der Waals surface area contributed by atoms with Crippen LogP contribution in [0.2, 0.25) is 0 Å². The Morgan fingerprint density at radius 1 is 0.966 bits per heavy atom. The van der Waals surface area contributed by atoms with E-state index in [1.807, 2.05) is 12.1 Å². The van der Waals surface area contributed by atoms with Crippen LogP contribution in [0.15, 0.2) is 47.4 Å². The highest BCUT2D eigenvalue weighted by Crippen LogP contribution is 2.31. The van der Waals surface area contributed by atoms with Gasteiger partial charge in [0.25, 0.3) is 5.91 Å². The number of sulfonamides is 1. The standard InChI is InChI=1S/C20H25N3O5S/c1-21-20(24)15-4-6-16(7-5-15)22-10-12-23(13-11-22)29(25,26)19-14-17(27-2)8-9-18(19)28-3/h4-9,14H,10-13H2,1-3H3,(H,21,24). The molecule has 0 bridgehead atoms. The van der Waals surface area contributed by atoms with Gasteiger partial charge in [-0.05, 0) is 36.4 Å². The lowest BCUT2D eigenvalue weighted by molar-refractivity contribution is 0.0963. The van der Waals surface area contributed by atoms with Gasteiger partial charge in [-0.1, -0.05) is 0 Å². The van der Waals surface area contributed by atoms with Crippen LogP contribution in [0.1, 0.15) is 10.4 Å². The Bertz CT molecular complexity index is 968. The quantitative estimate of drug-likeness (QED) is 0.765. The summed E-state index contributed by atoms with van der Waals surface area (Å²) in [7, 11) is 0.813. The van der Waals surface area contributed by atoms with E-state index >= 15 is 0 Å². The topological polar surface area (TPSA) is 88.2 Å². The average Bonchev–Trinajstić information content (AvgIpc) is 2.78. The maximum absolute atomic E-state index is 13.2. The molecule has 156 valence electrons. The predicted octanol–water partition coefficient (Wildman–Crippen LogP) is 1.57. The molecule has 3 rings (SSSR count). The highest BCUT2D eigenvalue weighted by Gasteiger charge is 2.31. The summed E-state index contributed by atoms with van der Waals surface area (Å²) in [5.41, 5.74) is 1.54. The molecule has 0 radical (unpaired) electrons. The zero-order valence-corrected chi connectivity index (χ0v) is 17.5. The summed E-state index contributed by atoms with van der Waals surface area (Å²) in [5, 5.41) is 2.59. The van der Waals surface area contributed by atoms with Gasteiger partial charge in [0.15, 0.2) is 0 Å². The molecule has 0 atom stereocenters. The van der Waals surface area contributed by atoms with Crippen molar-refractivity contribution in [1.29, 1.82) is 0 Å². The molecular formula is C20H25N3O5S. The lowest BCUT2D eigenvalue weighted by Crippen LogP contribution is -2.48. The summed E-state index contributed by atoms with van der Waals surface area (Å²) in [4.78, 5) is 13.9. The minimum Gasteiger partial charge on any atom is -0.497 e. The molecule has 1 aliphatic rings. The fraction of sp³-hybridized carbons (Fsp3) is 0.350. The average molecular weight is 420 g/mol. The number of carbonyl (C=O) groups is 1. The minimum atomic E-state index is -3.72. The maximum atomic E-state index is 13.2. The van der Waals surface area contributed by atoms with Crippen molar-refractivity contribution < 1.29 is 22.7 Å². The molecule has 9 heteroatoms. The number of carbonyl (C=O) groups excluding carboxylic acids is 1. The molecule has 1 heterocycles. The molecule has 1 fully saturated rings. The van der Waals surface area contributed by atoms with E-state index in [9.17, 15) is 13.2 Å². The van der Waals surface area contributed by atoms with Gasteiger partial charge in [-0.15, -0.1) is 0 Å². The van der Waals surface area contributed by atoms with Gasteiger partial charge in [0, 0.05) is 50.5 Å². The summed E-state index contributed by atoms with van der Waals surface area (Å²) in [6, 6.07) is 12.0. The van der Waals surface area contributed by atoms with Gasteiger partial charge in [0.2, 0.25) is 10.0 Å². The second-order valence-corrected chi connectivity index (χ2v) is 8.44. The first kappa shape index (κ1) is 20.9. The zero-order valence-electron chi connectivity index (χ0n) is 16.7. The molecule has 8 nitrogen and oxygen atoms in total. The highest BCUT2D eigenvalue weighted by molar-refractivity contribution is 7.89. The normalized spacial score (nSPS) is 15.1. The molecule has 1 N–H and O–H groups in total. The molecule has 1 saturated heterocycles. The van der Waals surface area contributed by atoms with E-state index in [0.29, 0.717) is 37.5 Å². The van der Waals surface area contributed by atoms with Crippen molar-refractivity contribution >= 4 is 21.6 Å². The Balaban J connectivity index is 1.74. The van der Waals surface area contributed by atoms with E-state index in [2.05, 4.69) is 10.2 Å². The summed E-state index contributed by atoms with van der Waals surface area (Å²) < 4.78 is 38.2. The zero-order chi connectivity index (χ0) is 21.0. The second-order valence-electron chi connectivity index (χ2n) is 6.53. The summed E-state index contributed by atoms with van der Waals surface area (Å²) in [6.07, 6.45) is 0. The molecule has 0 aliphatic carbocycles. The molecule has 2 aromatic rings. The number of hydrogen-bond acceptors (Lipinski definition) is 6. The van der Waals surface area contributed by atoms with Crippen LogP contribution in [0.5, 0.6) is 11.5 Å². The molecule has 0 unspecified atom stereocenters. The third-order valence-electron chi connectivity index (χ3n) is 4.95. The molecular weight excluding hydrogens is 394 g/mol. The lowest BCUT2D eigenvalue weighted by Gasteiger charge is -2.35. The Kier molecular flexibility index (Phi) is 6.29. The van der Waals surface area contributed by atoms with Crippen molar-refractivity contribution in [3.8, 4) is 11.5 Å². The SMILES string of the molecule is CNC(=O)c1ccc(N2CCN(S(=O)(=O)c3cc(OC)ccc3OC)CC2)cc1. The first-order valence-electron chi connectivity index (χ1n) is 9.20. The third-order valence-corrected chi connectivity index (χ3v) is 6.87. The predicted molar refractivity (Wildman–Crippen MR) is 110 cm³/mol. The van der Waals surface area contributed by atoms with E-state index in [1.54, 1.807) is 31.3 Å². The van der Waals surface area contributed by atoms with Crippen molar-refractivity contribution in [3.05, 3.63) is 48.0 Å². The third kappa shape index (κ3) is 4.30. The Morgan fingerprint density at radius 3 is 2.17 bits per heavy atom. The van der Waals surface area contributed by atoms with Crippen LogP contribution in [-0.4, -0.2) is 66.1 Å². The van der Waals surface area contributed by atoms with Gasteiger partial charge in [-0.2, -0.15) is 4.31 Å². The van der Waals surface area contributed by atoms with E-state index in [1.165, 1.54) is 24.6 Å². The summed E-state index contributed by atoms with van der Waals surface area (Å²) in [5.74, 6) is 0.608. The van der Waals surface area contributed by atoms with Gasteiger partial charge in [-0.3, -0.25) is 4.79 Å². The molecule has 0 saturated carbocycles. The monoisotopic (exact) mass is 419 g/mol. The van der Waals surface area contributed by atoms with Gasteiger partial charge in [0.05, 0.1) is 14.2 Å². The van der Waals surface area contributed by atoms with Gasteiger partial charge in [0.1, 0.15) is 16.4 Å². The number of ether oxygens (including phenoxy) is 2. The molecule has 29 heavy (non-hydrogen) atoms. The van der Waals surface area contributed by atoms with Gasteiger partial charge < -0.3 is 19.7 Å². The van der Waals surface area contributed by atoms with Crippen LogP contribution >= 0.6 is 0 Å². The number of nitrogens with one attached hydrogen (secondary N) is 1. The van der Waals surface area contributed by atoms with Crippen LogP contribution in [-0.2, 0) is 10.0 Å². The number of amides is 1.